The van der Waals surface area contributed by atoms with E-state index in [4.69, 9.17) is 0 Å². The van der Waals surface area contributed by atoms with Crippen LogP contribution in [0.15, 0.2) is 18.2 Å². The van der Waals surface area contributed by atoms with Crippen LogP contribution in [0.4, 0.5) is 9.59 Å². The number of aromatic nitrogens is 1. The predicted octanol–water partition coefficient (Wildman–Crippen LogP) is 6.72. The minimum Gasteiger partial charge on any atom is -0.335 e. The van der Waals surface area contributed by atoms with Crippen molar-refractivity contribution in [2.45, 2.75) is 153 Å². The Hall–Kier alpha value is -2.97. The number of carbonyl (C=O) groups excluding carboxylic acids is 4. The third kappa shape index (κ3) is 7.70. The summed E-state index contributed by atoms with van der Waals surface area (Å²) in [6, 6.07) is 3.89. The summed E-state index contributed by atoms with van der Waals surface area (Å²) in [6.45, 7) is 0. The molecule has 1 aromatic rings. The number of carbonyl (C=O) groups is 4. The molecule has 0 radical (unpaired) electrons. The predicted molar refractivity (Wildman–Crippen MR) is 161 cm³/mol. The van der Waals surface area contributed by atoms with Crippen molar-refractivity contribution in [2.24, 2.45) is 0 Å². The van der Waals surface area contributed by atoms with Gasteiger partial charge in [-0.25, -0.2) is 14.6 Å². The van der Waals surface area contributed by atoms with Gasteiger partial charge in [-0.3, -0.25) is 19.4 Å². The van der Waals surface area contributed by atoms with E-state index in [2.05, 4.69) is 15.6 Å². The van der Waals surface area contributed by atoms with Gasteiger partial charge >= 0.3 is 12.1 Å². The number of pyridine rings is 1. The summed E-state index contributed by atoms with van der Waals surface area (Å²) in [5.74, 6) is -0.943. The van der Waals surface area contributed by atoms with Gasteiger partial charge < -0.3 is 10.6 Å². The molecule has 4 fully saturated rings. The molecule has 2 N–H and O–H groups in total. The summed E-state index contributed by atoms with van der Waals surface area (Å²) in [5.41, 5.74) is 0.142. The van der Waals surface area contributed by atoms with E-state index in [1.807, 2.05) is 0 Å². The molecule has 1 heterocycles. The highest BCUT2D eigenvalue weighted by molar-refractivity contribution is 6.06. The lowest BCUT2D eigenvalue weighted by molar-refractivity contribution is 0.0693. The van der Waals surface area contributed by atoms with Gasteiger partial charge in [0.2, 0.25) is 0 Å². The average molecular weight is 580 g/mol. The lowest BCUT2D eigenvalue weighted by Gasteiger charge is -2.35. The van der Waals surface area contributed by atoms with Crippen LogP contribution in [-0.2, 0) is 0 Å². The number of rotatable bonds is 6. The summed E-state index contributed by atoms with van der Waals surface area (Å²) < 4.78 is 0. The Kier molecular flexibility index (Phi) is 10.9. The van der Waals surface area contributed by atoms with Gasteiger partial charge in [-0.05, 0) is 63.5 Å². The number of urea groups is 2. The van der Waals surface area contributed by atoms with Crippen molar-refractivity contribution in [2.75, 3.05) is 0 Å². The maximum atomic E-state index is 14.0. The van der Waals surface area contributed by atoms with Gasteiger partial charge in [-0.15, -0.1) is 0 Å². The van der Waals surface area contributed by atoms with E-state index >= 15 is 0 Å². The second kappa shape index (κ2) is 15.0. The van der Waals surface area contributed by atoms with Crippen LogP contribution >= 0.6 is 0 Å². The van der Waals surface area contributed by atoms with Crippen molar-refractivity contribution in [1.82, 2.24) is 25.4 Å². The average Bonchev–Trinajstić information content (AvgIpc) is 3.03. The number of imide groups is 2. The summed E-state index contributed by atoms with van der Waals surface area (Å²) in [5, 5.41) is 6.26. The maximum absolute atomic E-state index is 14.0. The molecule has 0 aliphatic heterocycles. The highest BCUT2D eigenvalue weighted by atomic mass is 16.2. The SMILES string of the molecule is O=C(NC1CCCCC1)N(C(=O)c1cccc(C(=O)N(C(=O)NC2CCCCC2)C2CCCCC2)n1)C1CCCCC1. The van der Waals surface area contributed by atoms with Crippen LogP contribution < -0.4 is 10.6 Å². The van der Waals surface area contributed by atoms with E-state index in [0.717, 1.165) is 116 Å². The number of hydrogen-bond acceptors (Lipinski definition) is 5. The Balaban J connectivity index is 1.36. The minimum absolute atomic E-state index is 0.0708. The first-order valence-electron chi connectivity index (χ1n) is 16.8. The molecule has 0 bridgehead atoms. The summed E-state index contributed by atoms with van der Waals surface area (Å²) in [4.78, 5) is 62.4. The normalized spacial score (nSPS) is 21.3. The zero-order chi connectivity index (χ0) is 29.3. The largest absolute Gasteiger partial charge is 0.335 e. The molecule has 9 nitrogen and oxygen atoms in total. The van der Waals surface area contributed by atoms with Gasteiger partial charge in [0, 0.05) is 24.2 Å². The standard InChI is InChI=1S/C33H49N5O4/c39-30(37(26-18-9-3-10-19-26)32(41)34-24-14-5-1-6-15-24)28-22-13-23-29(36-28)31(40)38(27-20-11-4-12-21-27)33(42)35-25-16-7-2-8-17-25/h13,22-27H,1-12,14-21H2,(H,34,41)(H,35,42). The molecule has 230 valence electrons. The van der Waals surface area contributed by atoms with Crippen LogP contribution in [0.1, 0.15) is 149 Å². The first kappa shape index (κ1) is 30.5. The zero-order valence-corrected chi connectivity index (χ0v) is 25.2. The molecule has 0 aromatic carbocycles. The fourth-order valence-electron chi connectivity index (χ4n) is 7.43. The van der Waals surface area contributed by atoms with E-state index in [-0.39, 0.29) is 47.6 Å². The third-order valence-electron chi connectivity index (χ3n) is 9.81. The molecule has 1 aromatic heterocycles. The quantitative estimate of drug-likeness (QED) is 0.389. The van der Waals surface area contributed by atoms with Crippen molar-refractivity contribution in [1.29, 1.82) is 0 Å². The van der Waals surface area contributed by atoms with E-state index in [1.54, 1.807) is 18.2 Å². The molecule has 4 aliphatic rings. The molecule has 0 unspecified atom stereocenters. The summed E-state index contributed by atoms with van der Waals surface area (Å²) in [6.07, 6.45) is 19.6. The number of nitrogens with zero attached hydrogens (tertiary/aromatic N) is 3. The topological polar surface area (TPSA) is 112 Å². The molecule has 0 saturated heterocycles. The highest BCUT2D eigenvalue weighted by Gasteiger charge is 2.36. The van der Waals surface area contributed by atoms with Crippen LogP contribution in [0.3, 0.4) is 0 Å². The van der Waals surface area contributed by atoms with Gasteiger partial charge in [0.15, 0.2) is 0 Å². The molecular formula is C33H49N5O4. The highest BCUT2D eigenvalue weighted by Crippen LogP contribution is 2.27. The second-order valence-electron chi connectivity index (χ2n) is 12.9. The molecule has 4 saturated carbocycles. The van der Waals surface area contributed by atoms with Crippen LogP contribution in [0.25, 0.3) is 0 Å². The first-order chi connectivity index (χ1) is 20.5. The molecule has 0 atom stereocenters. The number of amides is 6. The Morgan fingerprint density at radius 3 is 1.21 bits per heavy atom. The number of nitrogens with one attached hydrogen (secondary N) is 2. The van der Waals surface area contributed by atoms with Crippen molar-refractivity contribution < 1.29 is 19.2 Å². The van der Waals surface area contributed by atoms with Crippen LogP contribution in [0, 0.1) is 0 Å². The maximum Gasteiger partial charge on any atom is 0.324 e. The van der Waals surface area contributed by atoms with Gasteiger partial charge in [-0.1, -0.05) is 83.1 Å². The molecule has 4 aliphatic carbocycles. The Morgan fingerprint density at radius 1 is 0.524 bits per heavy atom. The van der Waals surface area contributed by atoms with Crippen LogP contribution in [-0.4, -0.2) is 62.8 Å². The lowest BCUT2D eigenvalue weighted by atomic mass is 9.93. The van der Waals surface area contributed by atoms with Crippen molar-refractivity contribution in [3.8, 4) is 0 Å². The van der Waals surface area contributed by atoms with Crippen molar-refractivity contribution in [3.05, 3.63) is 29.6 Å². The molecule has 5 rings (SSSR count). The summed E-state index contributed by atoms with van der Waals surface area (Å²) in [7, 11) is 0. The fraction of sp³-hybridized carbons (Fsp3) is 0.727. The second-order valence-corrected chi connectivity index (χ2v) is 12.9. The first-order valence-corrected chi connectivity index (χ1v) is 16.8. The third-order valence-corrected chi connectivity index (χ3v) is 9.81. The van der Waals surface area contributed by atoms with Gasteiger partial charge in [0.1, 0.15) is 11.4 Å². The van der Waals surface area contributed by atoms with E-state index in [0.29, 0.717) is 0 Å². The van der Waals surface area contributed by atoms with Crippen molar-refractivity contribution in [3.63, 3.8) is 0 Å². The molecule has 0 spiro atoms. The van der Waals surface area contributed by atoms with E-state index < -0.39 is 11.8 Å². The lowest BCUT2D eigenvalue weighted by Crippen LogP contribution is -2.53. The van der Waals surface area contributed by atoms with Crippen LogP contribution in [0.2, 0.25) is 0 Å². The van der Waals surface area contributed by atoms with Crippen LogP contribution in [0.5, 0.6) is 0 Å². The minimum atomic E-state index is -0.472. The van der Waals surface area contributed by atoms with Gasteiger partial charge in [0.05, 0.1) is 0 Å². The molecular weight excluding hydrogens is 530 g/mol. The molecule has 9 heteroatoms. The van der Waals surface area contributed by atoms with Crippen molar-refractivity contribution >= 4 is 23.9 Å². The fourth-order valence-corrected chi connectivity index (χ4v) is 7.43. The molecule has 42 heavy (non-hydrogen) atoms. The monoisotopic (exact) mass is 579 g/mol. The smallest absolute Gasteiger partial charge is 0.324 e. The number of hydrogen-bond donors (Lipinski definition) is 2. The Labute approximate surface area is 250 Å². The van der Waals surface area contributed by atoms with E-state index in [9.17, 15) is 19.2 Å². The zero-order valence-electron chi connectivity index (χ0n) is 25.2. The van der Waals surface area contributed by atoms with Gasteiger partial charge in [-0.2, -0.15) is 0 Å². The Bertz CT molecular complexity index is 1000. The molecule has 6 amide bonds. The van der Waals surface area contributed by atoms with E-state index in [1.165, 1.54) is 22.6 Å². The summed E-state index contributed by atoms with van der Waals surface area (Å²) >= 11 is 0. The van der Waals surface area contributed by atoms with Gasteiger partial charge in [0.25, 0.3) is 11.8 Å². The Morgan fingerprint density at radius 2 is 0.857 bits per heavy atom.